The van der Waals surface area contributed by atoms with E-state index in [0.29, 0.717) is 18.4 Å². The molecule has 6 heteroatoms. The summed E-state index contributed by atoms with van der Waals surface area (Å²) in [4.78, 5) is 12.9. The predicted molar refractivity (Wildman–Crippen MR) is 76.9 cm³/mol. The first-order valence-electron chi connectivity index (χ1n) is 6.38. The Balaban J connectivity index is 1.82. The lowest BCUT2D eigenvalue weighted by molar-refractivity contribution is 0.305. The molecule has 0 saturated carbocycles. The van der Waals surface area contributed by atoms with Crippen LogP contribution in [-0.2, 0) is 6.42 Å². The maximum absolute atomic E-state index is 5.46. The first-order valence-corrected chi connectivity index (χ1v) is 7.26. The van der Waals surface area contributed by atoms with Crippen LogP contribution in [0.5, 0.6) is 5.88 Å². The zero-order chi connectivity index (χ0) is 13.5. The zero-order valence-electron chi connectivity index (χ0n) is 11.2. The molecule has 0 aliphatic heterocycles. The number of aryl methyl sites for hydroxylation is 1. The van der Waals surface area contributed by atoms with Gasteiger partial charge in [-0.05, 0) is 13.3 Å². The van der Waals surface area contributed by atoms with Crippen LogP contribution < -0.4 is 10.1 Å². The van der Waals surface area contributed by atoms with Gasteiger partial charge in [-0.15, -0.1) is 11.3 Å². The Morgan fingerprint density at radius 1 is 1.37 bits per heavy atom. The van der Waals surface area contributed by atoms with Crippen LogP contribution in [0.15, 0.2) is 17.6 Å². The minimum absolute atomic E-state index is 0.598. The molecule has 0 spiro atoms. The largest absolute Gasteiger partial charge is 0.478 e. The van der Waals surface area contributed by atoms with E-state index >= 15 is 0 Å². The van der Waals surface area contributed by atoms with Gasteiger partial charge in [0, 0.05) is 30.6 Å². The van der Waals surface area contributed by atoms with Gasteiger partial charge in [-0.25, -0.2) is 9.97 Å². The lowest BCUT2D eigenvalue weighted by Crippen LogP contribution is -2.09. The third-order valence-corrected chi connectivity index (χ3v) is 3.24. The van der Waals surface area contributed by atoms with Gasteiger partial charge in [0.1, 0.15) is 0 Å². The minimum atomic E-state index is 0.598. The molecule has 0 aliphatic rings. The molecule has 0 saturated heterocycles. The Hall–Kier alpha value is -1.69. The Morgan fingerprint density at radius 2 is 2.26 bits per heavy atom. The van der Waals surface area contributed by atoms with Gasteiger partial charge in [-0.1, -0.05) is 6.92 Å². The standard InChI is InChI=1S/C13H18N4OS/c1-3-8-18-12-5-7-15-13(17-12)14-6-4-11-9-19-10(2)16-11/h5,7,9H,3-4,6,8H2,1-2H3,(H,14,15,17). The highest BCUT2D eigenvalue weighted by molar-refractivity contribution is 7.09. The second-order valence-electron chi connectivity index (χ2n) is 4.10. The molecule has 0 aromatic carbocycles. The molecule has 2 aromatic heterocycles. The molecule has 0 atom stereocenters. The van der Waals surface area contributed by atoms with E-state index in [9.17, 15) is 0 Å². The quantitative estimate of drug-likeness (QED) is 0.843. The molecule has 0 amide bonds. The average Bonchev–Trinajstić information content (AvgIpc) is 2.83. The van der Waals surface area contributed by atoms with Crippen LogP contribution >= 0.6 is 11.3 Å². The molecule has 0 bridgehead atoms. The summed E-state index contributed by atoms with van der Waals surface area (Å²) < 4.78 is 5.46. The van der Waals surface area contributed by atoms with Gasteiger partial charge < -0.3 is 10.1 Å². The number of hydrogen-bond donors (Lipinski definition) is 1. The molecular formula is C13H18N4OS. The lowest BCUT2D eigenvalue weighted by atomic mass is 10.3. The second-order valence-corrected chi connectivity index (χ2v) is 5.16. The van der Waals surface area contributed by atoms with Gasteiger partial charge in [0.15, 0.2) is 0 Å². The summed E-state index contributed by atoms with van der Waals surface area (Å²) in [6.07, 6.45) is 3.54. The van der Waals surface area contributed by atoms with E-state index < -0.39 is 0 Å². The van der Waals surface area contributed by atoms with Crippen molar-refractivity contribution < 1.29 is 4.74 Å². The highest BCUT2D eigenvalue weighted by Crippen LogP contribution is 2.10. The fraction of sp³-hybridized carbons (Fsp3) is 0.462. The smallest absolute Gasteiger partial charge is 0.225 e. The third-order valence-electron chi connectivity index (χ3n) is 2.41. The van der Waals surface area contributed by atoms with Crippen LogP contribution in [0.3, 0.4) is 0 Å². The van der Waals surface area contributed by atoms with E-state index in [0.717, 1.165) is 30.1 Å². The molecular weight excluding hydrogens is 260 g/mol. The number of nitrogens with zero attached hydrogens (tertiary/aromatic N) is 3. The number of ether oxygens (including phenoxy) is 1. The van der Waals surface area contributed by atoms with Crippen molar-refractivity contribution in [2.24, 2.45) is 0 Å². The lowest BCUT2D eigenvalue weighted by Gasteiger charge is -2.06. The van der Waals surface area contributed by atoms with Crippen LogP contribution in [0, 0.1) is 6.92 Å². The Kier molecular flexibility index (Phi) is 5.09. The van der Waals surface area contributed by atoms with E-state index in [1.54, 1.807) is 23.6 Å². The number of nitrogens with one attached hydrogen (secondary N) is 1. The maximum Gasteiger partial charge on any atom is 0.225 e. The Bertz CT molecular complexity index is 515. The van der Waals surface area contributed by atoms with Crippen molar-refractivity contribution in [1.29, 1.82) is 0 Å². The van der Waals surface area contributed by atoms with Gasteiger partial charge in [-0.2, -0.15) is 4.98 Å². The number of rotatable bonds is 7. The molecule has 0 aliphatic carbocycles. The number of hydrogen-bond acceptors (Lipinski definition) is 6. The Morgan fingerprint density at radius 3 is 3.00 bits per heavy atom. The van der Waals surface area contributed by atoms with E-state index in [1.807, 2.05) is 6.92 Å². The second kappa shape index (κ2) is 7.04. The van der Waals surface area contributed by atoms with Crippen molar-refractivity contribution in [3.8, 4) is 5.88 Å². The molecule has 19 heavy (non-hydrogen) atoms. The summed E-state index contributed by atoms with van der Waals surface area (Å²) in [6.45, 7) is 5.52. The SMILES string of the molecule is CCCOc1ccnc(NCCc2csc(C)n2)n1. The van der Waals surface area contributed by atoms with Gasteiger partial charge in [0.05, 0.1) is 17.3 Å². The van der Waals surface area contributed by atoms with Crippen LogP contribution in [0.25, 0.3) is 0 Å². The Labute approximate surface area is 117 Å². The van der Waals surface area contributed by atoms with Crippen molar-refractivity contribution in [1.82, 2.24) is 15.0 Å². The molecule has 5 nitrogen and oxygen atoms in total. The van der Waals surface area contributed by atoms with Gasteiger partial charge in [0.2, 0.25) is 11.8 Å². The fourth-order valence-electron chi connectivity index (χ4n) is 1.54. The van der Waals surface area contributed by atoms with Crippen molar-refractivity contribution >= 4 is 17.3 Å². The zero-order valence-corrected chi connectivity index (χ0v) is 12.0. The van der Waals surface area contributed by atoms with Crippen LogP contribution in [0.2, 0.25) is 0 Å². The average molecular weight is 278 g/mol. The molecule has 0 radical (unpaired) electrons. The maximum atomic E-state index is 5.46. The van der Waals surface area contributed by atoms with Crippen LogP contribution in [-0.4, -0.2) is 28.1 Å². The molecule has 102 valence electrons. The summed E-state index contributed by atoms with van der Waals surface area (Å²) in [5.74, 6) is 1.21. The summed E-state index contributed by atoms with van der Waals surface area (Å²) in [5.41, 5.74) is 1.10. The number of thiazole rings is 1. The minimum Gasteiger partial charge on any atom is -0.478 e. The van der Waals surface area contributed by atoms with Gasteiger partial charge in [0.25, 0.3) is 0 Å². The van der Waals surface area contributed by atoms with Crippen LogP contribution in [0.1, 0.15) is 24.0 Å². The predicted octanol–water partition coefficient (Wildman–Crippen LogP) is 2.68. The topological polar surface area (TPSA) is 59.9 Å². The highest BCUT2D eigenvalue weighted by Gasteiger charge is 2.01. The van der Waals surface area contributed by atoms with Gasteiger partial charge >= 0.3 is 0 Å². The third kappa shape index (κ3) is 4.48. The summed E-state index contributed by atoms with van der Waals surface area (Å²) in [5, 5.41) is 6.36. The van der Waals surface area contributed by atoms with Crippen molar-refractivity contribution in [3.05, 3.63) is 28.3 Å². The monoisotopic (exact) mass is 278 g/mol. The molecule has 0 fully saturated rings. The number of aromatic nitrogens is 3. The first-order chi connectivity index (χ1) is 9.28. The van der Waals surface area contributed by atoms with E-state index in [2.05, 4.69) is 32.6 Å². The normalized spacial score (nSPS) is 10.4. The van der Waals surface area contributed by atoms with Crippen molar-refractivity contribution in [2.75, 3.05) is 18.5 Å². The highest BCUT2D eigenvalue weighted by atomic mass is 32.1. The van der Waals surface area contributed by atoms with Crippen LogP contribution in [0.4, 0.5) is 5.95 Å². The summed E-state index contributed by atoms with van der Waals surface area (Å²) in [6, 6.07) is 1.77. The molecule has 0 unspecified atom stereocenters. The first kappa shape index (κ1) is 13.7. The molecule has 2 rings (SSSR count). The fourth-order valence-corrected chi connectivity index (χ4v) is 2.19. The van der Waals surface area contributed by atoms with E-state index in [-0.39, 0.29) is 0 Å². The van der Waals surface area contributed by atoms with Gasteiger partial charge in [-0.3, -0.25) is 0 Å². The summed E-state index contributed by atoms with van der Waals surface area (Å²) >= 11 is 1.67. The summed E-state index contributed by atoms with van der Waals surface area (Å²) in [7, 11) is 0. The van der Waals surface area contributed by atoms with Crippen molar-refractivity contribution in [2.45, 2.75) is 26.7 Å². The van der Waals surface area contributed by atoms with E-state index in [1.165, 1.54) is 0 Å². The molecule has 2 heterocycles. The van der Waals surface area contributed by atoms with E-state index in [4.69, 9.17) is 4.74 Å². The van der Waals surface area contributed by atoms with Crippen molar-refractivity contribution in [3.63, 3.8) is 0 Å². The molecule has 2 aromatic rings. The molecule has 1 N–H and O–H groups in total. The number of anilines is 1.